The molecule has 0 amide bonds. The van der Waals surface area contributed by atoms with E-state index in [9.17, 15) is 5.11 Å². The summed E-state index contributed by atoms with van der Waals surface area (Å²) in [5.74, 6) is 0. The lowest BCUT2D eigenvalue weighted by molar-refractivity contribution is -0.0409. The normalized spacial score (nSPS) is 24.7. The highest BCUT2D eigenvalue weighted by Gasteiger charge is 2.46. The molecule has 1 aromatic heterocycles. The molecule has 2 heterocycles. The van der Waals surface area contributed by atoms with Crippen molar-refractivity contribution in [2.75, 3.05) is 13.1 Å². The first-order chi connectivity index (χ1) is 9.74. The van der Waals surface area contributed by atoms with Gasteiger partial charge in [-0.1, -0.05) is 19.3 Å². The van der Waals surface area contributed by atoms with Gasteiger partial charge in [-0.25, -0.2) is 0 Å². The van der Waals surface area contributed by atoms with Gasteiger partial charge in [0.2, 0.25) is 0 Å². The first kappa shape index (κ1) is 14.0. The first-order valence-corrected chi connectivity index (χ1v) is 8.08. The molecule has 3 nitrogen and oxygen atoms in total. The van der Waals surface area contributed by atoms with Gasteiger partial charge in [0.25, 0.3) is 0 Å². The molecule has 2 fully saturated rings. The fourth-order valence-corrected chi connectivity index (χ4v) is 4.14. The molecule has 1 atom stereocenters. The molecule has 3 rings (SSSR count). The van der Waals surface area contributed by atoms with Crippen molar-refractivity contribution < 1.29 is 5.11 Å². The largest absolute Gasteiger partial charge is 0.386 e. The number of hydrogen-bond acceptors (Lipinski definition) is 3. The molecule has 110 valence electrons. The third kappa shape index (κ3) is 2.38. The van der Waals surface area contributed by atoms with Crippen molar-refractivity contribution >= 4 is 0 Å². The van der Waals surface area contributed by atoms with Crippen molar-refractivity contribution in [2.45, 2.75) is 63.5 Å². The number of likely N-dealkylation sites (tertiary alicyclic amines) is 1. The third-order valence-electron chi connectivity index (χ3n) is 5.34. The summed E-state index contributed by atoms with van der Waals surface area (Å²) < 4.78 is 0. The highest BCUT2D eigenvalue weighted by atomic mass is 16.3. The van der Waals surface area contributed by atoms with Crippen LogP contribution in [0.5, 0.6) is 0 Å². The van der Waals surface area contributed by atoms with Gasteiger partial charge >= 0.3 is 0 Å². The zero-order chi connectivity index (χ0) is 14.0. The lowest BCUT2D eigenvalue weighted by Gasteiger charge is -2.46. The Bertz CT molecular complexity index is 448. The molecule has 2 aliphatic rings. The fourth-order valence-electron chi connectivity index (χ4n) is 4.14. The van der Waals surface area contributed by atoms with Crippen LogP contribution in [-0.4, -0.2) is 33.6 Å². The topological polar surface area (TPSA) is 36.4 Å². The molecular formula is C17H26N2O. The maximum absolute atomic E-state index is 11.1. The van der Waals surface area contributed by atoms with Crippen molar-refractivity contribution in [2.24, 2.45) is 0 Å². The highest BCUT2D eigenvalue weighted by Crippen LogP contribution is 2.45. The van der Waals surface area contributed by atoms with Crippen LogP contribution in [0.1, 0.15) is 62.2 Å². The van der Waals surface area contributed by atoms with E-state index in [1.165, 1.54) is 32.1 Å². The van der Waals surface area contributed by atoms with Crippen molar-refractivity contribution in [3.8, 4) is 0 Å². The average Bonchev–Trinajstić information content (AvgIpc) is 2.99. The smallest absolute Gasteiger partial charge is 0.0990 e. The lowest BCUT2D eigenvalue weighted by atomic mass is 9.82. The summed E-state index contributed by atoms with van der Waals surface area (Å²) >= 11 is 0. The third-order valence-corrected chi connectivity index (χ3v) is 5.34. The standard InChI is InChI=1S/C17H26N2O/c1-14-7-10-18-13-15(14)16(20)17(8-3-4-9-17)19-11-5-2-6-12-19/h7,10,13,16,20H,2-6,8-9,11-12H2,1H3. The van der Waals surface area contributed by atoms with E-state index in [1.54, 1.807) is 0 Å². The number of piperidine rings is 1. The number of aliphatic hydroxyl groups is 1. The molecule has 1 aromatic rings. The second-order valence-electron chi connectivity index (χ2n) is 6.49. The molecular weight excluding hydrogens is 248 g/mol. The Labute approximate surface area is 122 Å². The van der Waals surface area contributed by atoms with E-state index in [1.807, 2.05) is 18.5 Å². The average molecular weight is 274 g/mol. The Hall–Kier alpha value is -0.930. The van der Waals surface area contributed by atoms with Crippen LogP contribution in [-0.2, 0) is 0 Å². The van der Waals surface area contributed by atoms with Gasteiger partial charge in [0.05, 0.1) is 11.6 Å². The van der Waals surface area contributed by atoms with E-state index in [4.69, 9.17) is 0 Å². The van der Waals surface area contributed by atoms with E-state index in [2.05, 4.69) is 16.8 Å². The number of rotatable bonds is 3. The summed E-state index contributed by atoms with van der Waals surface area (Å²) in [7, 11) is 0. The molecule has 0 aromatic carbocycles. The molecule has 1 aliphatic heterocycles. The molecule has 20 heavy (non-hydrogen) atoms. The second kappa shape index (κ2) is 5.82. The maximum atomic E-state index is 11.1. The zero-order valence-corrected chi connectivity index (χ0v) is 12.5. The first-order valence-electron chi connectivity index (χ1n) is 8.08. The lowest BCUT2D eigenvalue weighted by Crippen LogP contribution is -2.53. The van der Waals surface area contributed by atoms with Gasteiger partial charge in [0, 0.05) is 18.0 Å². The van der Waals surface area contributed by atoms with Gasteiger partial charge in [0.1, 0.15) is 0 Å². The summed E-state index contributed by atoms with van der Waals surface area (Å²) in [6.07, 6.45) is 11.9. The quantitative estimate of drug-likeness (QED) is 0.919. The molecule has 1 saturated carbocycles. The molecule has 0 bridgehead atoms. The van der Waals surface area contributed by atoms with E-state index in [-0.39, 0.29) is 5.54 Å². The van der Waals surface area contributed by atoms with Crippen molar-refractivity contribution in [1.29, 1.82) is 0 Å². The van der Waals surface area contributed by atoms with E-state index < -0.39 is 6.10 Å². The SMILES string of the molecule is Cc1ccncc1C(O)C1(N2CCCCC2)CCCC1. The van der Waals surface area contributed by atoms with Gasteiger partial charge < -0.3 is 5.11 Å². The Balaban J connectivity index is 1.91. The van der Waals surface area contributed by atoms with Crippen molar-refractivity contribution in [3.05, 3.63) is 29.6 Å². The van der Waals surface area contributed by atoms with Gasteiger partial charge in [-0.05, 0) is 57.3 Å². The monoisotopic (exact) mass is 274 g/mol. The summed E-state index contributed by atoms with van der Waals surface area (Å²) in [4.78, 5) is 6.82. The van der Waals surface area contributed by atoms with Crippen LogP contribution in [0.25, 0.3) is 0 Å². The number of aryl methyl sites for hydroxylation is 1. The van der Waals surface area contributed by atoms with Crippen molar-refractivity contribution in [3.63, 3.8) is 0 Å². The van der Waals surface area contributed by atoms with Gasteiger partial charge in [0.15, 0.2) is 0 Å². The Morgan fingerprint density at radius 2 is 1.85 bits per heavy atom. The van der Waals surface area contributed by atoms with Gasteiger partial charge in [-0.3, -0.25) is 9.88 Å². The second-order valence-corrected chi connectivity index (χ2v) is 6.49. The molecule has 0 spiro atoms. The predicted molar refractivity (Wildman–Crippen MR) is 80.6 cm³/mol. The Morgan fingerprint density at radius 1 is 1.15 bits per heavy atom. The van der Waals surface area contributed by atoms with Crippen LogP contribution in [0.4, 0.5) is 0 Å². The number of aromatic nitrogens is 1. The Kier molecular flexibility index (Phi) is 4.08. The van der Waals surface area contributed by atoms with Crippen LogP contribution < -0.4 is 0 Å². The minimum atomic E-state index is -0.392. The molecule has 1 N–H and O–H groups in total. The molecule has 1 saturated heterocycles. The number of aliphatic hydroxyl groups excluding tert-OH is 1. The van der Waals surface area contributed by atoms with Crippen LogP contribution in [0, 0.1) is 6.92 Å². The maximum Gasteiger partial charge on any atom is 0.0990 e. The van der Waals surface area contributed by atoms with E-state index in [0.29, 0.717) is 0 Å². The molecule has 0 radical (unpaired) electrons. The van der Waals surface area contributed by atoms with Crippen LogP contribution >= 0.6 is 0 Å². The zero-order valence-electron chi connectivity index (χ0n) is 12.5. The number of hydrogen-bond donors (Lipinski definition) is 1. The summed E-state index contributed by atoms with van der Waals surface area (Å²) in [6.45, 7) is 4.38. The summed E-state index contributed by atoms with van der Waals surface area (Å²) in [5, 5.41) is 11.1. The van der Waals surface area contributed by atoms with E-state index in [0.717, 1.165) is 37.1 Å². The summed E-state index contributed by atoms with van der Waals surface area (Å²) in [6, 6.07) is 2.01. The molecule has 1 aliphatic carbocycles. The molecule has 1 unspecified atom stereocenters. The minimum absolute atomic E-state index is 0.0335. The summed E-state index contributed by atoms with van der Waals surface area (Å²) in [5.41, 5.74) is 2.16. The molecule has 3 heteroatoms. The van der Waals surface area contributed by atoms with Gasteiger partial charge in [-0.2, -0.15) is 0 Å². The fraction of sp³-hybridized carbons (Fsp3) is 0.706. The number of nitrogens with zero attached hydrogens (tertiary/aromatic N) is 2. The highest BCUT2D eigenvalue weighted by molar-refractivity contribution is 5.27. The van der Waals surface area contributed by atoms with Gasteiger partial charge in [-0.15, -0.1) is 0 Å². The van der Waals surface area contributed by atoms with Crippen LogP contribution in [0.3, 0.4) is 0 Å². The van der Waals surface area contributed by atoms with E-state index >= 15 is 0 Å². The van der Waals surface area contributed by atoms with Crippen LogP contribution in [0.15, 0.2) is 18.5 Å². The minimum Gasteiger partial charge on any atom is -0.386 e. The van der Waals surface area contributed by atoms with Crippen LogP contribution in [0.2, 0.25) is 0 Å². The predicted octanol–water partition coefficient (Wildman–Crippen LogP) is 3.22. The number of pyridine rings is 1. The van der Waals surface area contributed by atoms with Crippen molar-refractivity contribution in [1.82, 2.24) is 9.88 Å². The Morgan fingerprint density at radius 3 is 2.50 bits per heavy atom.